The average molecular weight is 283 g/mol. The van der Waals surface area contributed by atoms with Gasteiger partial charge in [0.15, 0.2) is 0 Å². The van der Waals surface area contributed by atoms with Crippen LogP contribution in [-0.4, -0.2) is 20.9 Å². The highest BCUT2D eigenvalue weighted by molar-refractivity contribution is 8.13. The molecule has 0 bridgehead atoms. The van der Waals surface area contributed by atoms with Gasteiger partial charge < -0.3 is 0 Å². The van der Waals surface area contributed by atoms with Crippen molar-refractivity contribution in [3.63, 3.8) is 0 Å². The van der Waals surface area contributed by atoms with E-state index in [-0.39, 0.29) is 5.75 Å². The molecule has 1 aromatic rings. The van der Waals surface area contributed by atoms with Gasteiger partial charge in [0, 0.05) is 20.5 Å². The Balaban J connectivity index is 3.03. The first-order chi connectivity index (χ1) is 6.96. The van der Waals surface area contributed by atoms with Gasteiger partial charge in [0.25, 0.3) is 0 Å². The second-order valence-corrected chi connectivity index (χ2v) is 7.35. The maximum Gasteiger partial charge on any atom is 0.236 e. The Morgan fingerprint density at radius 3 is 2.27 bits per heavy atom. The van der Waals surface area contributed by atoms with E-state index in [4.69, 9.17) is 10.7 Å². The molecule has 0 heterocycles. The van der Waals surface area contributed by atoms with Crippen LogP contribution in [0.5, 0.6) is 0 Å². The third-order valence-corrected chi connectivity index (χ3v) is 4.50. The van der Waals surface area contributed by atoms with Gasteiger partial charge >= 0.3 is 0 Å². The second-order valence-electron chi connectivity index (χ2n) is 2.87. The van der Waals surface area contributed by atoms with Gasteiger partial charge in [-0.05, 0) is 30.2 Å². The van der Waals surface area contributed by atoms with E-state index in [0.29, 0.717) is 0 Å². The third kappa shape index (κ3) is 4.26. The van der Waals surface area contributed by atoms with Crippen molar-refractivity contribution in [2.24, 2.45) is 0 Å². The van der Waals surface area contributed by atoms with Crippen LogP contribution in [0.1, 0.15) is 5.56 Å². The molecular weight excluding hydrogens is 272 g/mol. The van der Waals surface area contributed by atoms with Crippen LogP contribution in [0.15, 0.2) is 28.0 Å². The molecule has 0 spiro atoms. The molecular formula is C9H11ClO2S3. The van der Waals surface area contributed by atoms with Crippen LogP contribution in [0.2, 0.25) is 0 Å². The van der Waals surface area contributed by atoms with Crippen LogP contribution in [0.3, 0.4) is 0 Å². The molecule has 0 aromatic heterocycles. The minimum absolute atomic E-state index is 0.114. The Kier molecular flexibility index (Phi) is 4.83. The van der Waals surface area contributed by atoms with E-state index >= 15 is 0 Å². The number of hydrogen-bond acceptors (Lipinski definition) is 4. The van der Waals surface area contributed by atoms with Crippen LogP contribution in [0, 0.1) is 0 Å². The maximum atomic E-state index is 10.9. The van der Waals surface area contributed by atoms with Gasteiger partial charge in [-0.15, -0.1) is 23.5 Å². The Morgan fingerprint density at radius 2 is 1.80 bits per heavy atom. The number of thioether (sulfide) groups is 2. The lowest BCUT2D eigenvalue weighted by atomic mass is 10.2. The Morgan fingerprint density at radius 1 is 1.20 bits per heavy atom. The van der Waals surface area contributed by atoms with E-state index in [0.717, 1.165) is 15.4 Å². The standard InChI is InChI=1S/C9H11ClO2S3/c1-13-8-4-3-7(5-9(8)14-2)6-15(10,11)12/h3-5H,6H2,1-2H3. The van der Waals surface area contributed by atoms with Crippen LogP contribution in [-0.2, 0) is 14.8 Å². The van der Waals surface area contributed by atoms with Crippen molar-refractivity contribution < 1.29 is 8.42 Å². The SMILES string of the molecule is CSc1ccc(CS(=O)(=O)Cl)cc1SC. The lowest BCUT2D eigenvalue weighted by molar-refractivity contribution is 0.609. The fraction of sp³-hybridized carbons (Fsp3) is 0.333. The van der Waals surface area contributed by atoms with Crippen molar-refractivity contribution in [1.82, 2.24) is 0 Å². The van der Waals surface area contributed by atoms with E-state index in [1.807, 2.05) is 24.6 Å². The van der Waals surface area contributed by atoms with Gasteiger partial charge in [-0.1, -0.05) is 6.07 Å². The van der Waals surface area contributed by atoms with Crippen LogP contribution < -0.4 is 0 Å². The van der Waals surface area contributed by atoms with Gasteiger partial charge in [0.1, 0.15) is 0 Å². The molecule has 0 fully saturated rings. The predicted octanol–water partition coefficient (Wildman–Crippen LogP) is 3.20. The molecule has 15 heavy (non-hydrogen) atoms. The van der Waals surface area contributed by atoms with Crippen molar-refractivity contribution in [2.45, 2.75) is 15.5 Å². The van der Waals surface area contributed by atoms with Gasteiger partial charge in [-0.3, -0.25) is 0 Å². The summed E-state index contributed by atoms with van der Waals surface area (Å²) in [5, 5.41) is 0. The minimum atomic E-state index is -3.47. The van der Waals surface area contributed by atoms with Crippen LogP contribution in [0.4, 0.5) is 0 Å². The van der Waals surface area contributed by atoms with E-state index in [1.165, 1.54) is 0 Å². The highest BCUT2D eigenvalue weighted by Gasteiger charge is 2.09. The van der Waals surface area contributed by atoms with Crippen molar-refractivity contribution in [2.75, 3.05) is 12.5 Å². The van der Waals surface area contributed by atoms with Gasteiger partial charge in [-0.2, -0.15) is 0 Å². The normalized spacial score (nSPS) is 11.7. The second kappa shape index (κ2) is 5.48. The van der Waals surface area contributed by atoms with E-state index < -0.39 is 9.05 Å². The lowest BCUT2D eigenvalue weighted by Crippen LogP contribution is -1.95. The number of rotatable bonds is 4. The molecule has 2 nitrogen and oxygen atoms in total. The molecule has 0 aliphatic heterocycles. The maximum absolute atomic E-state index is 10.9. The van der Waals surface area contributed by atoms with E-state index in [2.05, 4.69) is 0 Å². The first kappa shape index (κ1) is 13.2. The molecule has 84 valence electrons. The molecule has 6 heteroatoms. The number of hydrogen-bond donors (Lipinski definition) is 0. The molecule has 0 saturated carbocycles. The molecule has 0 aliphatic carbocycles. The summed E-state index contributed by atoms with van der Waals surface area (Å²) in [4.78, 5) is 2.23. The van der Waals surface area contributed by atoms with Gasteiger partial charge in [0.05, 0.1) is 5.75 Å². The molecule has 0 saturated heterocycles. The van der Waals surface area contributed by atoms with Crippen molar-refractivity contribution >= 4 is 43.3 Å². The zero-order valence-corrected chi connectivity index (χ0v) is 11.6. The first-order valence-corrected chi connectivity index (χ1v) is 9.02. The quantitative estimate of drug-likeness (QED) is 0.627. The fourth-order valence-electron chi connectivity index (χ4n) is 1.17. The summed E-state index contributed by atoms with van der Waals surface area (Å²) < 4.78 is 21.8. The topological polar surface area (TPSA) is 34.1 Å². The monoisotopic (exact) mass is 282 g/mol. The van der Waals surface area contributed by atoms with E-state index in [9.17, 15) is 8.42 Å². The highest BCUT2D eigenvalue weighted by Crippen LogP contribution is 2.29. The first-order valence-electron chi connectivity index (χ1n) is 4.09. The Labute approximate surface area is 103 Å². The zero-order valence-electron chi connectivity index (χ0n) is 8.36. The molecule has 0 unspecified atom stereocenters. The largest absolute Gasteiger partial charge is 0.236 e. The van der Waals surface area contributed by atoms with Gasteiger partial charge in [0.2, 0.25) is 9.05 Å². The molecule has 1 rings (SSSR count). The van der Waals surface area contributed by atoms with Crippen molar-refractivity contribution in [3.8, 4) is 0 Å². The highest BCUT2D eigenvalue weighted by atomic mass is 35.7. The summed E-state index contributed by atoms with van der Waals surface area (Å²) >= 11 is 3.24. The Hall–Kier alpha value is 0.160. The summed E-state index contributed by atoms with van der Waals surface area (Å²) in [6.07, 6.45) is 3.96. The third-order valence-electron chi connectivity index (χ3n) is 1.79. The summed E-state index contributed by atoms with van der Waals surface area (Å²) in [7, 11) is 1.73. The number of halogens is 1. The van der Waals surface area contributed by atoms with Crippen molar-refractivity contribution in [1.29, 1.82) is 0 Å². The summed E-state index contributed by atoms with van der Waals surface area (Å²) in [6, 6.07) is 5.59. The minimum Gasteiger partial charge on any atom is -0.212 e. The smallest absolute Gasteiger partial charge is 0.212 e. The summed E-state index contributed by atoms with van der Waals surface area (Å²) in [6.45, 7) is 0. The molecule has 0 amide bonds. The molecule has 1 aromatic carbocycles. The van der Waals surface area contributed by atoms with E-state index in [1.54, 1.807) is 29.6 Å². The lowest BCUT2D eigenvalue weighted by Gasteiger charge is -2.06. The summed E-state index contributed by atoms with van der Waals surface area (Å²) in [5.41, 5.74) is 0.729. The molecule has 0 atom stereocenters. The molecule has 0 N–H and O–H groups in total. The predicted molar refractivity (Wildman–Crippen MR) is 68.5 cm³/mol. The molecule has 0 aliphatic rings. The average Bonchev–Trinajstić information content (AvgIpc) is 2.15. The van der Waals surface area contributed by atoms with Crippen LogP contribution in [0.25, 0.3) is 0 Å². The van der Waals surface area contributed by atoms with Crippen LogP contribution >= 0.6 is 34.2 Å². The zero-order chi connectivity index (χ0) is 11.5. The van der Waals surface area contributed by atoms with Gasteiger partial charge in [-0.25, -0.2) is 8.42 Å². The van der Waals surface area contributed by atoms with Crippen molar-refractivity contribution in [3.05, 3.63) is 23.8 Å². The summed E-state index contributed by atoms with van der Waals surface area (Å²) in [5.74, 6) is -0.114. The molecule has 0 radical (unpaired) electrons. The number of benzene rings is 1. The Bertz CT molecular complexity index is 443. The fourth-order valence-corrected chi connectivity index (χ4v) is 3.63.